The molecule has 1 aromatic carbocycles. The molecule has 1 saturated carbocycles. The van der Waals surface area contributed by atoms with Gasteiger partial charge < -0.3 is 4.42 Å². The molecule has 9 heteroatoms. The maximum atomic E-state index is 14.2. The van der Waals surface area contributed by atoms with Gasteiger partial charge in [0.25, 0.3) is 0 Å². The lowest BCUT2D eigenvalue weighted by molar-refractivity contribution is 0.561. The van der Waals surface area contributed by atoms with E-state index in [-0.39, 0.29) is 28.8 Å². The number of hydrogen-bond acceptors (Lipinski definition) is 4. The molecular weight excluding hydrogens is 359 g/mol. The van der Waals surface area contributed by atoms with Gasteiger partial charge in [-0.2, -0.15) is 9.97 Å². The second kappa shape index (κ2) is 5.73. The van der Waals surface area contributed by atoms with Crippen LogP contribution in [0.15, 0.2) is 33.9 Å². The van der Waals surface area contributed by atoms with Crippen LogP contribution in [0.1, 0.15) is 24.5 Å². The van der Waals surface area contributed by atoms with E-state index in [9.17, 15) is 18.0 Å². The van der Waals surface area contributed by atoms with Crippen molar-refractivity contribution >= 4 is 11.6 Å². The lowest BCUT2D eigenvalue weighted by Crippen LogP contribution is -2.24. The lowest BCUT2D eigenvalue weighted by Gasteiger charge is -2.07. The van der Waals surface area contributed by atoms with E-state index in [4.69, 9.17) is 16.0 Å². The maximum absolute atomic E-state index is 14.2. The second-order valence-corrected chi connectivity index (χ2v) is 6.04. The molecule has 0 unspecified atom stereocenters. The van der Waals surface area contributed by atoms with Crippen LogP contribution in [0.2, 0.25) is 5.02 Å². The van der Waals surface area contributed by atoms with Gasteiger partial charge in [0.2, 0.25) is 0 Å². The van der Waals surface area contributed by atoms with Crippen LogP contribution in [-0.2, 0) is 0 Å². The van der Waals surface area contributed by atoms with Gasteiger partial charge in [-0.05, 0) is 25.0 Å². The summed E-state index contributed by atoms with van der Waals surface area (Å²) in [5.41, 5.74) is -0.672. The molecule has 1 aliphatic rings. The fraction of sp³-hybridized carbons (Fsp3) is 0.188. The van der Waals surface area contributed by atoms with Gasteiger partial charge in [-0.25, -0.2) is 22.5 Å². The second-order valence-electron chi connectivity index (χ2n) is 5.66. The molecule has 0 spiro atoms. The van der Waals surface area contributed by atoms with Gasteiger partial charge >= 0.3 is 5.69 Å². The van der Waals surface area contributed by atoms with Crippen LogP contribution < -0.4 is 5.69 Å². The van der Waals surface area contributed by atoms with Crippen molar-refractivity contribution in [2.24, 2.45) is 0 Å². The van der Waals surface area contributed by atoms with Crippen LogP contribution in [0.3, 0.4) is 0 Å². The van der Waals surface area contributed by atoms with Crippen LogP contribution in [0.25, 0.3) is 17.1 Å². The van der Waals surface area contributed by atoms with Crippen molar-refractivity contribution in [3.63, 3.8) is 0 Å². The molecule has 0 N–H and O–H groups in total. The summed E-state index contributed by atoms with van der Waals surface area (Å²) in [5.74, 6) is -2.93. The van der Waals surface area contributed by atoms with Crippen molar-refractivity contribution in [3.05, 3.63) is 63.4 Å². The first-order valence-corrected chi connectivity index (χ1v) is 7.71. The lowest BCUT2D eigenvalue weighted by atomic mass is 10.1. The first kappa shape index (κ1) is 15.9. The molecule has 2 heterocycles. The van der Waals surface area contributed by atoms with Gasteiger partial charge in [0, 0.05) is 11.5 Å². The monoisotopic (exact) mass is 367 g/mol. The highest BCUT2D eigenvalue weighted by atomic mass is 35.5. The Morgan fingerprint density at radius 2 is 1.84 bits per heavy atom. The van der Waals surface area contributed by atoms with E-state index in [0.717, 1.165) is 42.1 Å². The Kier molecular flexibility index (Phi) is 3.64. The first-order valence-electron chi connectivity index (χ1n) is 7.33. The van der Waals surface area contributed by atoms with Crippen molar-refractivity contribution in [2.75, 3.05) is 0 Å². The summed E-state index contributed by atoms with van der Waals surface area (Å²) in [6.07, 6.45) is 3.50. The average Bonchev–Trinajstić information content (AvgIpc) is 3.30. The Morgan fingerprint density at radius 1 is 1.16 bits per heavy atom. The Labute approximate surface area is 143 Å². The zero-order chi connectivity index (χ0) is 17.7. The molecule has 0 atom stereocenters. The molecule has 1 aliphatic carbocycles. The number of hydrogen-bond donors (Lipinski definition) is 0. The predicted octanol–water partition coefficient (Wildman–Crippen LogP) is 3.84. The highest BCUT2D eigenvalue weighted by Gasteiger charge is 2.29. The maximum Gasteiger partial charge on any atom is 0.353 e. The average molecular weight is 368 g/mol. The molecule has 3 aromatic rings. The van der Waals surface area contributed by atoms with Crippen molar-refractivity contribution < 1.29 is 17.6 Å². The Hall–Kier alpha value is -2.61. The molecular formula is C16H9ClF3N3O2. The van der Waals surface area contributed by atoms with E-state index in [0.29, 0.717) is 0 Å². The highest BCUT2D eigenvalue weighted by Crippen LogP contribution is 2.39. The molecule has 25 heavy (non-hydrogen) atoms. The zero-order valence-electron chi connectivity index (χ0n) is 12.5. The third kappa shape index (κ3) is 2.72. The van der Waals surface area contributed by atoms with Crippen LogP contribution in [0.4, 0.5) is 13.2 Å². The summed E-state index contributed by atoms with van der Waals surface area (Å²) < 4.78 is 47.6. The largest absolute Gasteiger partial charge is 0.441 e. The van der Waals surface area contributed by atoms with Gasteiger partial charge in [0.15, 0.2) is 23.8 Å². The van der Waals surface area contributed by atoms with Crippen LogP contribution in [0.5, 0.6) is 0 Å². The van der Waals surface area contributed by atoms with Gasteiger partial charge in [0.05, 0.1) is 11.9 Å². The van der Waals surface area contributed by atoms with Gasteiger partial charge in [-0.1, -0.05) is 11.6 Å². The summed E-state index contributed by atoms with van der Waals surface area (Å²) in [7, 11) is 0. The molecule has 4 rings (SSSR count). The Balaban J connectivity index is 1.86. The number of rotatable bonds is 3. The standard InChI is InChI=1S/C16H9ClF3N3O2/c17-12-9(18)3-8(4-10(12)19)14-15(21-6-25-14)23-5-11(20)13(7-1-2-7)22-16(23)24/h3-7H,1-2H2. The molecule has 0 bridgehead atoms. The molecule has 0 aliphatic heterocycles. The van der Waals surface area contributed by atoms with E-state index in [1.54, 1.807) is 0 Å². The summed E-state index contributed by atoms with van der Waals surface area (Å²) in [6, 6.07) is 1.87. The molecule has 5 nitrogen and oxygen atoms in total. The van der Waals surface area contributed by atoms with Crippen molar-refractivity contribution in [1.82, 2.24) is 14.5 Å². The smallest absolute Gasteiger partial charge is 0.353 e. The normalized spacial score (nSPS) is 14.1. The van der Waals surface area contributed by atoms with Gasteiger partial charge in [0.1, 0.15) is 16.7 Å². The van der Waals surface area contributed by atoms with Crippen molar-refractivity contribution in [2.45, 2.75) is 18.8 Å². The van der Waals surface area contributed by atoms with E-state index in [2.05, 4.69) is 9.97 Å². The van der Waals surface area contributed by atoms with Crippen molar-refractivity contribution in [3.8, 4) is 17.1 Å². The number of benzene rings is 1. The quantitative estimate of drug-likeness (QED) is 0.660. The van der Waals surface area contributed by atoms with Crippen LogP contribution in [0, 0.1) is 17.5 Å². The number of oxazole rings is 1. The van der Waals surface area contributed by atoms with E-state index in [1.165, 1.54) is 0 Å². The van der Waals surface area contributed by atoms with Crippen molar-refractivity contribution in [1.29, 1.82) is 0 Å². The molecule has 2 aromatic heterocycles. The Morgan fingerprint density at radius 3 is 2.48 bits per heavy atom. The zero-order valence-corrected chi connectivity index (χ0v) is 13.2. The van der Waals surface area contributed by atoms with Crippen LogP contribution >= 0.6 is 11.6 Å². The first-order chi connectivity index (χ1) is 12.0. The number of nitrogens with zero attached hydrogens (tertiary/aromatic N) is 3. The number of aromatic nitrogens is 3. The van der Waals surface area contributed by atoms with E-state index >= 15 is 0 Å². The summed E-state index contributed by atoms with van der Waals surface area (Å²) in [5, 5.41) is -0.663. The van der Waals surface area contributed by atoms with Crippen LogP contribution in [-0.4, -0.2) is 14.5 Å². The fourth-order valence-electron chi connectivity index (χ4n) is 2.54. The minimum absolute atomic E-state index is 0.0366. The summed E-state index contributed by atoms with van der Waals surface area (Å²) >= 11 is 5.46. The topological polar surface area (TPSA) is 60.9 Å². The SMILES string of the molecule is O=c1nc(C2CC2)c(F)cn1-c1ncoc1-c1cc(F)c(Cl)c(F)c1. The predicted molar refractivity (Wildman–Crippen MR) is 82.2 cm³/mol. The highest BCUT2D eigenvalue weighted by molar-refractivity contribution is 6.31. The molecule has 128 valence electrons. The molecule has 0 saturated heterocycles. The summed E-state index contributed by atoms with van der Waals surface area (Å²) in [4.78, 5) is 19.8. The molecule has 0 amide bonds. The van der Waals surface area contributed by atoms with Gasteiger partial charge in [-0.15, -0.1) is 0 Å². The van der Waals surface area contributed by atoms with E-state index in [1.807, 2.05) is 0 Å². The summed E-state index contributed by atoms with van der Waals surface area (Å²) in [6.45, 7) is 0. The third-order valence-corrected chi connectivity index (χ3v) is 4.26. The third-order valence-electron chi connectivity index (χ3n) is 3.90. The minimum Gasteiger partial charge on any atom is -0.441 e. The van der Waals surface area contributed by atoms with E-state index < -0.39 is 28.2 Å². The minimum atomic E-state index is -1.00. The van der Waals surface area contributed by atoms with Gasteiger partial charge in [-0.3, -0.25) is 0 Å². The molecule has 1 fully saturated rings. The fourth-order valence-corrected chi connectivity index (χ4v) is 2.64. The molecule has 0 radical (unpaired) electrons. The number of halogens is 4. The Bertz CT molecular complexity index is 1020.